The first kappa shape index (κ1) is 20.4. The molecule has 164 valence electrons. The zero-order chi connectivity index (χ0) is 22.1. The van der Waals surface area contributed by atoms with Crippen LogP contribution in [0.3, 0.4) is 0 Å². The third-order valence-electron chi connectivity index (χ3n) is 5.37. The van der Waals surface area contributed by atoms with Crippen molar-refractivity contribution in [3.8, 4) is 28.6 Å². The molecule has 32 heavy (non-hydrogen) atoms. The molecule has 3 heterocycles. The number of hydrogen-bond donors (Lipinski definition) is 1. The summed E-state index contributed by atoms with van der Waals surface area (Å²) in [7, 11) is 3.48. The van der Waals surface area contributed by atoms with Gasteiger partial charge in [-0.25, -0.2) is 0 Å². The Hall–Kier alpha value is -3.46. The van der Waals surface area contributed by atoms with Crippen LogP contribution in [0.1, 0.15) is 16.8 Å². The van der Waals surface area contributed by atoms with Crippen LogP contribution in [0.25, 0.3) is 22.3 Å². The Labute approximate surface area is 188 Å². The number of H-pyrrole nitrogens is 1. The van der Waals surface area contributed by atoms with Gasteiger partial charge in [0, 0.05) is 42.2 Å². The number of ether oxygens (including phenoxy) is 3. The van der Waals surface area contributed by atoms with Gasteiger partial charge in [-0.1, -0.05) is 30.0 Å². The van der Waals surface area contributed by atoms with Crippen molar-refractivity contribution in [3.05, 3.63) is 48.2 Å². The number of hydrogen-bond acceptors (Lipinski definition) is 7. The van der Waals surface area contributed by atoms with Crippen LogP contribution in [0.4, 0.5) is 0 Å². The quantitative estimate of drug-likeness (QED) is 0.349. The number of thioether (sulfide) groups is 1. The number of carbonyl (C=O) groups is 1. The van der Waals surface area contributed by atoms with Crippen molar-refractivity contribution in [1.82, 2.24) is 19.7 Å². The van der Waals surface area contributed by atoms with Gasteiger partial charge >= 0.3 is 0 Å². The maximum atomic E-state index is 12.8. The van der Waals surface area contributed by atoms with Crippen LogP contribution in [-0.2, 0) is 7.05 Å². The summed E-state index contributed by atoms with van der Waals surface area (Å²) in [5, 5.41) is 10.2. The third kappa shape index (κ3) is 3.69. The molecule has 9 heteroatoms. The second kappa shape index (κ2) is 8.58. The summed E-state index contributed by atoms with van der Waals surface area (Å²) in [6, 6.07) is 11.5. The van der Waals surface area contributed by atoms with Crippen LogP contribution < -0.4 is 14.2 Å². The minimum atomic E-state index is 0.0326. The minimum absolute atomic E-state index is 0.0326. The van der Waals surface area contributed by atoms with Crippen LogP contribution >= 0.6 is 11.8 Å². The van der Waals surface area contributed by atoms with Crippen molar-refractivity contribution in [1.29, 1.82) is 0 Å². The van der Waals surface area contributed by atoms with Gasteiger partial charge in [0.15, 0.2) is 28.3 Å². The molecule has 5 rings (SSSR count). The van der Waals surface area contributed by atoms with Crippen molar-refractivity contribution in [2.45, 2.75) is 11.6 Å². The number of benzene rings is 2. The molecule has 4 aromatic rings. The van der Waals surface area contributed by atoms with Crippen molar-refractivity contribution in [2.75, 3.05) is 26.1 Å². The van der Waals surface area contributed by atoms with Crippen molar-refractivity contribution >= 4 is 28.4 Å². The Balaban J connectivity index is 1.39. The molecule has 8 nitrogen and oxygen atoms in total. The van der Waals surface area contributed by atoms with E-state index in [1.54, 1.807) is 13.3 Å². The summed E-state index contributed by atoms with van der Waals surface area (Å²) in [5.41, 5.74) is 2.38. The average molecular weight is 451 g/mol. The number of nitrogens with one attached hydrogen (secondary N) is 1. The lowest BCUT2D eigenvalue weighted by molar-refractivity contribution is 0.102. The van der Waals surface area contributed by atoms with Gasteiger partial charge in [0.05, 0.1) is 31.6 Å². The first-order chi connectivity index (χ1) is 15.7. The van der Waals surface area contributed by atoms with Crippen molar-refractivity contribution in [2.24, 2.45) is 7.05 Å². The second-order valence-corrected chi connectivity index (χ2v) is 8.32. The standard InChI is InChI=1S/C23H22N4O4S/c1-27-22(15-10-20-21(11-19(15)29-2)31-9-5-8-30-20)25-26-23(27)32-13-18(28)16-12-24-17-7-4-3-6-14(16)17/h3-4,6-7,10-12,24H,5,8-9,13H2,1-2H3. The Morgan fingerprint density at radius 1 is 1.19 bits per heavy atom. The monoisotopic (exact) mass is 450 g/mol. The summed E-state index contributed by atoms with van der Waals surface area (Å²) >= 11 is 1.35. The van der Waals surface area contributed by atoms with Crippen LogP contribution in [0.5, 0.6) is 17.2 Å². The van der Waals surface area contributed by atoms with Gasteiger partial charge in [0.25, 0.3) is 0 Å². The largest absolute Gasteiger partial charge is 0.496 e. The van der Waals surface area contributed by atoms with Crippen LogP contribution in [-0.4, -0.2) is 51.6 Å². The second-order valence-electron chi connectivity index (χ2n) is 7.37. The van der Waals surface area contributed by atoms with E-state index in [2.05, 4.69) is 15.2 Å². The molecule has 0 atom stereocenters. The first-order valence-electron chi connectivity index (χ1n) is 10.2. The third-order valence-corrected chi connectivity index (χ3v) is 6.39. The van der Waals surface area contributed by atoms with Crippen LogP contribution in [0.15, 0.2) is 47.8 Å². The van der Waals surface area contributed by atoms with E-state index in [-0.39, 0.29) is 11.5 Å². The molecule has 1 aliphatic heterocycles. The molecule has 0 amide bonds. The molecule has 0 aliphatic carbocycles. The molecular weight excluding hydrogens is 428 g/mol. The normalized spacial score (nSPS) is 13.2. The molecule has 0 fully saturated rings. The summed E-state index contributed by atoms with van der Waals surface area (Å²) in [6.45, 7) is 1.19. The van der Waals surface area contributed by atoms with Crippen molar-refractivity contribution in [3.63, 3.8) is 0 Å². The molecule has 0 saturated carbocycles. The maximum Gasteiger partial charge on any atom is 0.191 e. The van der Waals surface area contributed by atoms with E-state index in [1.165, 1.54) is 11.8 Å². The predicted octanol–water partition coefficient (Wildman–Crippen LogP) is 4.11. The van der Waals surface area contributed by atoms with Crippen LogP contribution in [0, 0.1) is 0 Å². The number of fused-ring (bicyclic) bond motifs is 2. The van der Waals surface area contributed by atoms with Gasteiger partial charge in [0.1, 0.15) is 5.75 Å². The smallest absolute Gasteiger partial charge is 0.191 e. The highest BCUT2D eigenvalue weighted by Gasteiger charge is 2.21. The Morgan fingerprint density at radius 3 is 2.78 bits per heavy atom. The molecule has 0 unspecified atom stereocenters. The Kier molecular flexibility index (Phi) is 5.48. The molecule has 0 saturated heterocycles. The number of aromatic amines is 1. The van der Waals surface area contributed by atoms with Gasteiger partial charge in [-0.2, -0.15) is 0 Å². The van der Waals surface area contributed by atoms with E-state index in [0.29, 0.717) is 47.0 Å². The lowest BCUT2D eigenvalue weighted by Gasteiger charge is -2.13. The highest BCUT2D eigenvalue weighted by Crippen LogP contribution is 2.41. The molecule has 0 spiro atoms. The zero-order valence-corrected chi connectivity index (χ0v) is 18.6. The lowest BCUT2D eigenvalue weighted by Crippen LogP contribution is -2.03. The van der Waals surface area contributed by atoms with Gasteiger partial charge in [-0.05, 0) is 12.1 Å². The van der Waals surface area contributed by atoms with Gasteiger partial charge in [0.2, 0.25) is 0 Å². The van der Waals surface area contributed by atoms with E-state index in [0.717, 1.165) is 22.9 Å². The summed E-state index contributed by atoms with van der Waals surface area (Å²) < 4.78 is 19.0. The Bertz CT molecular complexity index is 1300. The molecule has 0 radical (unpaired) electrons. The highest BCUT2D eigenvalue weighted by atomic mass is 32.2. The fourth-order valence-electron chi connectivity index (χ4n) is 3.72. The molecule has 0 bridgehead atoms. The number of rotatable bonds is 6. The molecular formula is C23H22N4O4S. The van der Waals surface area contributed by atoms with Crippen LogP contribution in [0.2, 0.25) is 0 Å². The fraction of sp³-hybridized carbons (Fsp3) is 0.261. The number of Topliss-reactive ketones (excluding diaryl/α,β-unsaturated/α-hetero) is 1. The van der Waals surface area contributed by atoms with E-state index in [4.69, 9.17) is 14.2 Å². The highest BCUT2D eigenvalue weighted by molar-refractivity contribution is 7.99. The molecule has 1 N–H and O–H groups in total. The summed E-state index contributed by atoms with van der Waals surface area (Å²) in [4.78, 5) is 16.0. The predicted molar refractivity (Wildman–Crippen MR) is 122 cm³/mol. The number of nitrogens with zero attached hydrogens (tertiary/aromatic N) is 3. The molecule has 1 aliphatic rings. The van der Waals surface area contributed by atoms with E-state index in [1.807, 2.05) is 48.0 Å². The number of aromatic nitrogens is 4. The fourth-order valence-corrected chi connectivity index (χ4v) is 4.51. The van der Waals surface area contributed by atoms with Gasteiger partial charge < -0.3 is 23.8 Å². The van der Waals surface area contributed by atoms with E-state index in [9.17, 15) is 4.79 Å². The lowest BCUT2D eigenvalue weighted by atomic mass is 10.1. The van der Waals surface area contributed by atoms with Gasteiger partial charge in [-0.3, -0.25) is 4.79 Å². The number of ketones is 1. The maximum absolute atomic E-state index is 12.8. The molecule has 2 aromatic carbocycles. The number of para-hydroxylation sites is 1. The zero-order valence-electron chi connectivity index (χ0n) is 17.8. The number of methoxy groups -OCH3 is 1. The average Bonchev–Trinajstić information content (AvgIpc) is 3.32. The van der Waals surface area contributed by atoms with E-state index >= 15 is 0 Å². The van der Waals surface area contributed by atoms with Gasteiger partial charge in [-0.15, -0.1) is 10.2 Å². The topological polar surface area (TPSA) is 91.3 Å². The minimum Gasteiger partial charge on any atom is -0.496 e. The number of carbonyl (C=O) groups excluding carboxylic acids is 1. The molecule has 2 aromatic heterocycles. The first-order valence-corrected chi connectivity index (χ1v) is 11.2. The summed E-state index contributed by atoms with van der Waals surface area (Å²) in [5.74, 6) is 2.85. The Morgan fingerprint density at radius 2 is 1.97 bits per heavy atom. The SMILES string of the molecule is COc1cc2c(cc1-c1nnc(SCC(=O)c3c[nH]c4ccccc34)n1C)OCCCO2. The van der Waals surface area contributed by atoms with Crippen molar-refractivity contribution < 1.29 is 19.0 Å². The summed E-state index contributed by atoms with van der Waals surface area (Å²) in [6.07, 6.45) is 2.58. The van der Waals surface area contributed by atoms with E-state index < -0.39 is 0 Å².